The average Bonchev–Trinajstić information content (AvgIpc) is 2.99. The summed E-state index contributed by atoms with van der Waals surface area (Å²) in [5, 5.41) is 7.04. The summed E-state index contributed by atoms with van der Waals surface area (Å²) in [7, 11) is 0. The minimum absolute atomic E-state index is 0.630. The third-order valence-electron chi connectivity index (χ3n) is 4.62. The van der Waals surface area contributed by atoms with Crippen LogP contribution in [0.4, 0.5) is 0 Å². The summed E-state index contributed by atoms with van der Waals surface area (Å²) in [5.74, 6) is 1.67. The predicted molar refractivity (Wildman–Crippen MR) is 90.8 cm³/mol. The second-order valence-electron chi connectivity index (χ2n) is 6.81. The molecule has 0 radical (unpaired) electrons. The van der Waals surface area contributed by atoms with Crippen LogP contribution in [0, 0.1) is 5.92 Å². The fraction of sp³-hybridized carbons (Fsp3) is 0.941. The molecule has 0 amide bonds. The molecule has 1 atom stereocenters. The number of guanidine groups is 1. The van der Waals surface area contributed by atoms with Crippen molar-refractivity contribution in [3.63, 3.8) is 0 Å². The molecule has 2 rings (SSSR count). The number of nitrogens with one attached hydrogen (secondary N) is 2. The van der Waals surface area contributed by atoms with Crippen molar-refractivity contribution in [2.24, 2.45) is 10.9 Å². The summed E-state index contributed by atoms with van der Waals surface area (Å²) in [6.07, 6.45) is 9.48. The molecule has 1 saturated carbocycles. The van der Waals surface area contributed by atoms with Crippen LogP contribution in [-0.2, 0) is 0 Å². The number of aliphatic imine (C=N–C) groups is 1. The predicted octanol–water partition coefficient (Wildman–Crippen LogP) is 2.61. The number of hydrogen-bond donors (Lipinski definition) is 2. The quantitative estimate of drug-likeness (QED) is 0.584. The van der Waals surface area contributed by atoms with Crippen LogP contribution in [0.1, 0.15) is 58.8 Å². The monoisotopic (exact) mass is 294 g/mol. The highest BCUT2D eigenvalue weighted by molar-refractivity contribution is 5.80. The molecule has 4 nitrogen and oxygen atoms in total. The summed E-state index contributed by atoms with van der Waals surface area (Å²) in [4.78, 5) is 7.40. The Labute approximate surface area is 130 Å². The van der Waals surface area contributed by atoms with E-state index in [-0.39, 0.29) is 0 Å². The van der Waals surface area contributed by atoms with Crippen molar-refractivity contribution >= 4 is 5.96 Å². The molecule has 1 unspecified atom stereocenters. The van der Waals surface area contributed by atoms with Crippen LogP contribution in [0.3, 0.4) is 0 Å². The van der Waals surface area contributed by atoms with Crippen molar-refractivity contribution in [2.45, 2.75) is 64.8 Å². The van der Waals surface area contributed by atoms with Crippen molar-refractivity contribution in [1.82, 2.24) is 15.5 Å². The number of rotatable bonds is 6. The SMILES string of the molecule is CCNC(=NCC(C)CN1CCCC1)NC1CCCCC1. The molecule has 1 aliphatic carbocycles. The lowest BCUT2D eigenvalue weighted by Gasteiger charge is -2.25. The van der Waals surface area contributed by atoms with E-state index < -0.39 is 0 Å². The van der Waals surface area contributed by atoms with Gasteiger partial charge >= 0.3 is 0 Å². The lowest BCUT2D eigenvalue weighted by atomic mass is 9.96. The minimum Gasteiger partial charge on any atom is -0.357 e. The summed E-state index contributed by atoms with van der Waals surface area (Å²) in [5.41, 5.74) is 0. The molecule has 2 fully saturated rings. The number of nitrogens with zero attached hydrogens (tertiary/aromatic N) is 2. The van der Waals surface area contributed by atoms with Gasteiger partial charge in [-0.25, -0.2) is 0 Å². The van der Waals surface area contributed by atoms with Crippen LogP contribution < -0.4 is 10.6 Å². The van der Waals surface area contributed by atoms with Gasteiger partial charge in [0.2, 0.25) is 0 Å². The van der Waals surface area contributed by atoms with Gasteiger partial charge in [-0.1, -0.05) is 26.2 Å². The Balaban J connectivity index is 1.75. The van der Waals surface area contributed by atoms with Gasteiger partial charge in [-0.15, -0.1) is 0 Å². The minimum atomic E-state index is 0.630. The molecule has 2 aliphatic rings. The zero-order valence-electron chi connectivity index (χ0n) is 14.0. The van der Waals surface area contributed by atoms with Crippen LogP contribution in [0.15, 0.2) is 4.99 Å². The molecule has 21 heavy (non-hydrogen) atoms. The van der Waals surface area contributed by atoms with E-state index in [9.17, 15) is 0 Å². The Morgan fingerprint density at radius 2 is 1.86 bits per heavy atom. The summed E-state index contributed by atoms with van der Waals surface area (Å²) in [6.45, 7) is 10.1. The van der Waals surface area contributed by atoms with Crippen LogP contribution >= 0.6 is 0 Å². The van der Waals surface area contributed by atoms with E-state index in [1.54, 1.807) is 0 Å². The van der Waals surface area contributed by atoms with Crippen LogP contribution in [0.5, 0.6) is 0 Å². The average molecular weight is 294 g/mol. The molecule has 4 heteroatoms. The van der Waals surface area contributed by atoms with Crippen molar-refractivity contribution in [3.8, 4) is 0 Å². The van der Waals surface area contributed by atoms with E-state index in [1.807, 2.05) is 0 Å². The summed E-state index contributed by atoms with van der Waals surface area (Å²) < 4.78 is 0. The van der Waals surface area contributed by atoms with Gasteiger partial charge in [-0.3, -0.25) is 4.99 Å². The molecule has 0 bridgehead atoms. The standard InChI is InChI=1S/C17H34N4/c1-3-18-17(20-16-9-5-4-6-10-16)19-13-15(2)14-21-11-7-8-12-21/h15-16H,3-14H2,1-2H3,(H2,18,19,20). The zero-order chi connectivity index (χ0) is 14.9. The molecule has 1 aliphatic heterocycles. The Bertz CT molecular complexity index is 304. The Hall–Kier alpha value is -0.770. The van der Waals surface area contributed by atoms with Crippen molar-refractivity contribution in [1.29, 1.82) is 0 Å². The molecular weight excluding hydrogens is 260 g/mol. The number of hydrogen-bond acceptors (Lipinski definition) is 2. The van der Waals surface area contributed by atoms with Gasteiger partial charge in [0.25, 0.3) is 0 Å². The highest BCUT2D eigenvalue weighted by Gasteiger charge is 2.16. The third-order valence-corrected chi connectivity index (χ3v) is 4.62. The molecule has 0 aromatic carbocycles. The van der Waals surface area contributed by atoms with E-state index >= 15 is 0 Å². The van der Waals surface area contributed by atoms with E-state index in [0.29, 0.717) is 12.0 Å². The molecule has 122 valence electrons. The smallest absolute Gasteiger partial charge is 0.191 e. The van der Waals surface area contributed by atoms with Crippen molar-refractivity contribution in [2.75, 3.05) is 32.7 Å². The van der Waals surface area contributed by atoms with Crippen LogP contribution in [0.2, 0.25) is 0 Å². The van der Waals surface area contributed by atoms with Gasteiger partial charge in [-0.05, 0) is 51.6 Å². The molecule has 0 aromatic heterocycles. The zero-order valence-corrected chi connectivity index (χ0v) is 14.0. The van der Waals surface area contributed by atoms with Gasteiger partial charge in [0, 0.05) is 25.7 Å². The van der Waals surface area contributed by atoms with E-state index in [4.69, 9.17) is 4.99 Å². The van der Waals surface area contributed by atoms with Crippen LogP contribution in [-0.4, -0.2) is 49.6 Å². The van der Waals surface area contributed by atoms with Gasteiger partial charge in [-0.2, -0.15) is 0 Å². The maximum atomic E-state index is 4.82. The maximum Gasteiger partial charge on any atom is 0.191 e. The summed E-state index contributed by atoms with van der Waals surface area (Å²) >= 11 is 0. The lowest BCUT2D eigenvalue weighted by molar-refractivity contribution is 0.291. The van der Waals surface area contributed by atoms with Gasteiger partial charge in [0.1, 0.15) is 0 Å². The first-order chi connectivity index (χ1) is 10.3. The van der Waals surface area contributed by atoms with E-state index in [0.717, 1.165) is 19.0 Å². The molecular formula is C17H34N4. The summed E-state index contributed by atoms with van der Waals surface area (Å²) in [6, 6.07) is 0.630. The topological polar surface area (TPSA) is 39.7 Å². The Morgan fingerprint density at radius 1 is 1.14 bits per heavy atom. The Morgan fingerprint density at radius 3 is 2.52 bits per heavy atom. The highest BCUT2D eigenvalue weighted by Crippen LogP contribution is 2.17. The first-order valence-corrected chi connectivity index (χ1v) is 9.05. The first-order valence-electron chi connectivity index (χ1n) is 9.05. The molecule has 1 saturated heterocycles. The maximum absolute atomic E-state index is 4.82. The normalized spacial score (nSPS) is 23.2. The van der Waals surface area contributed by atoms with E-state index in [1.165, 1.54) is 64.6 Å². The third kappa shape index (κ3) is 6.25. The lowest BCUT2D eigenvalue weighted by Crippen LogP contribution is -2.44. The molecule has 2 N–H and O–H groups in total. The highest BCUT2D eigenvalue weighted by atomic mass is 15.2. The van der Waals surface area contributed by atoms with Gasteiger partial charge < -0.3 is 15.5 Å². The van der Waals surface area contributed by atoms with Gasteiger partial charge in [0.15, 0.2) is 5.96 Å². The number of likely N-dealkylation sites (tertiary alicyclic amines) is 1. The van der Waals surface area contributed by atoms with Crippen LogP contribution in [0.25, 0.3) is 0 Å². The van der Waals surface area contributed by atoms with Gasteiger partial charge in [0.05, 0.1) is 0 Å². The molecule has 1 heterocycles. The fourth-order valence-corrected chi connectivity index (χ4v) is 3.47. The molecule has 0 spiro atoms. The van der Waals surface area contributed by atoms with E-state index in [2.05, 4.69) is 29.4 Å². The Kier molecular flexibility index (Phi) is 7.34. The second-order valence-corrected chi connectivity index (χ2v) is 6.81. The molecule has 0 aromatic rings. The first kappa shape index (κ1) is 16.6. The second kappa shape index (κ2) is 9.29. The largest absolute Gasteiger partial charge is 0.357 e. The van der Waals surface area contributed by atoms with Crippen molar-refractivity contribution in [3.05, 3.63) is 0 Å². The fourth-order valence-electron chi connectivity index (χ4n) is 3.47. The van der Waals surface area contributed by atoms with Crippen molar-refractivity contribution < 1.29 is 0 Å².